The van der Waals surface area contributed by atoms with Gasteiger partial charge in [-0.25, -0.2) is 4.68 Å². The number of anilines is 1. The standard InChI is InChI=1S/C18H19N5O3/c24-17-13-11-19-23(12-4-5-14-15(10-12)26-9-8-25-14)16(13)20-18(21-17)22-6-2-1-3-7-22/h4-5,10-11H,1-3,6-9H2,(H,20,21,24). The zero-order valence-corrected chi connectivity index (χ0v) is 14.3. The summed E-state index contributed by atoms with van der Waals surface area (Å²) < 4.78 is 12.9. The van der Waals surface area contributed by atoms with E-state index in [2.05, 4.69) is 15.0 Å². The third-order valence-corrected chi connectivity index (χ3v) is 4.85. The first kappa shape index (κ1) is 15.2. The van der Waals surface area contributed by atoms with E-state index < -0.39 is 0 Å². The zero-order valence-electron chi connectivity index (χ0n) is 14.3. The predicted molar refractivity (Wildman–Crippen MR) is 96.5 cm³/mol. The Morgan fingerprint density at radius 1 is 1.04 bits per heavy atom. The molecule has 0 unspecified atom stereocenters. The maximum Gasteiger partial charge on any atom is 0.263 e. The molecule has 0 saturated carbocycles. The number of hydrogen-bond acceptors (Lipinski definition) is 6. The second-order valence-corrected chi connectivity index (χ2v) is 6.56. The lowest BCUT2D eigenvalue weighted by atomic mass is 10.1. The van der Waals surface area contributed by atoms with Gasteiger partial charge in [0, 0.05) is 19.2 Å². The van der Waals surface area contributed by atoms with Crippen molar-refractivity contribution in [2.75, 3.05) is 31.2 Å². The molecule has 0 radical (unpaired) electrons. The average molecular weight is 353 g/mol. The second-order valence-electron chi connectivity index (χ2n) is 6.56. The highest BCUT2D eigenvalue weighted by atomic mass is 16.6. The van der Waals surface area contributed by atoms with Crippen molar-refractivity contribution in [1.82, 2.24) is 19.7 Å². The van der Waals surface area contributed by atoms with Gasteiger partial charge in [-0.05, 0) is 31.4 Å². The highest BCUT2D eigenvalue weighted by molar-refractivity contribution is 5.76. The minimum absolute atomic E-state index is 0.167. The number of nitrogens with one attached hydrogen (secondary N) is 1. The van der Waals surface area contributed by atoms with Crippen LogP contribution in [0.2, 0.25) is 0 Å². The van der Waals surface area contributed by atoms with E-state index in [-0.39, 0.29) is 5.56 Å². The van der Waals surface area contributed by atoms with Crippen molar-refractivity contribution in [3.8, 4) is 17.2 Å². The van der Waals surface area contributed by atoms with Crippen molar-refractivity contribution in [2.45, 2.75) is 19.3 Å². The number of fused-ring (bicyclic) bond motifs is 2. The Morgan fingerprint density at radius 3 is 2.69 bits per heavy atom. The average Bonchev–Trinajstić information content (AvgIpc) is 3.13. The van der Waals surface area contributed by atoms with Crippen LogP contribution in [0.5, 0.6) is 11.5 Å². The van der Waals surface area contributed by atoms with Gasteiger partial charge in [0.15, 0.2) is 17.1 Å². The van der Waals surface area contributed by atoms with Crippen molar-refractivity contribution >= 4 is 17.0 Å². The fourth-order valence-electron chi connectivity index (χ4n) is 3.52. The molecule has 26 heavy (non-hydrogen) atoms. The summed E-state index contributed by atoms with van der Waals surface area (Å²) in [6.07, 6.45) is 5.00. The molecule has 2 aliphatic rings. The van der Waals surface area contributed by atoms with Crippen LogP contribution in [0.3, 0.4) is 0 Å². The minimum atomic E-state index is -0.167. The molecule has 0 amide bonds. The van der Waals surface area contributed by atoms with E-state index in [4.69, 9.17) is 14.5 Å². The van der Waals surface area contributed by atoms with Gasteiger partial charge in [0.2, 0.25) is 5.95 Å². The molecule has 8 nitrogen and oxygen atoms in total. The summed E-state index contributed by atoms with van der Waals surface area (Å²) in [5, 5.41) is 4.85. The van der Waals surface area contributed by atoms with Crippen LogP contribution in [0.4, 0.5) is 5.95 Å². The number of hydrogen-bond donors (Lipinski definition) is 1. The molecule has 0 bridgehead atoms. The molecule has 3 aromatic rings. The van der Waals surface area contributed by atoms with Crippen LogP contribution < -0.4 is 19.9 Å². The molecule has 0 atom stereocenters. The van der Waals surface area contributed by atoms with Crippen LogP contribution in [0.25, 0.3) is 16.7 Å². The van der Waals surface area contributed by atoms with Gasteiger partial charge in [-0.1, -0.05) is 0 Å². The molecular formula is C18H19N5O3. The Hall–Kier alpha value is -3.03. The SMILES string of the molecule is O=c1[nH]c(N2CCCCC2)nc2c1cnn2-c1ccc2c(c1)OCCO2. The Balaban J connectivity index is 1.62. The van der Waals surface area contributed by atoms with E-state index in [9.17, 15) is 4.79 Å². The maximum atomic E-state index is 12.5. The quantitative estimate of drug-likeness (QED) is 0.757. The van der Waals surface area contributed by atoms with E-state index in [1.807, 2.05) is 18.2 Å². The molecule has 134 valence electrons. The molecule has 0 aliphatic carbocycles. The summed E-state index contributed by atoms with van der Waals surface area (Å²) >= 11 is 0. The number of rotatable bonds is 2. The normalized spacial score (nSPS) is 16.8. The van der Waals surface area contributed by atoms with E-state index in [0.29, 0.717) is 35.9 Å². The first-order chi connectivity index (χ1) is 12.8. The minimum Gasteiger partial charge on any atom is -0.486 e. The molecule has 1 aromatic carbocycles. The van der Waals surface area contributed by atoms with Crippen LogP contribution in [0.1, 0.15) is 19.3 Å². The number of benzene rings is 1. The Bertz CT molecular complexity index is 1020. The summed E-state index contributed by atoms with van der Waals surface area (Å²) in [6.45, 7) is 2.89. The first-order valence-corrected chi connectivity index (χ1v) is 8.93. The fraction of sp³-hybridized carbons (Fsp3) is 0.389. The monoisotopic (exact) mass is 353 g/mol. The third-order valence-electron chi connectivity index (χ3n) is 4.85. The number of ether oxygens (including phenoxy) is 2. The van der Waals surface area contributed by atoms with E-state index in [1.165, 1.54) is 6.42 Å². The maximum absolute atomic E-state index is 12.5. The molecule has 5 rings (SSSR count). The van der Waals surface area contributed by atoms with Crippen molar-refractivity contribution in [1.29, 1.82) is 0 Å². The Morgan fingerprint density at radius 2 is 1.85 bits per heavy atom. The molecule has 0 spiro atoms. The molecule has 2 aromatic heterocycles. The fourth-order valence-corrected chi connectivity index (χ4v) is 3.52. The molecule has 1 saturated heterocycles. The highest BCUT2D eigenvalue weighted by Gasteiger charge is 2.18. The second kappa shape index (κ2) is 6.05. The highest BCUT2D eigenvalue weighted by Crippen LogP contribution is 2.32. The van der Waals surface area contributed by atoms with Gasteiger partial charge in [-0.2, -0.15) is 10.1 Å². The van der Waals surface area contributed by atoms with Crippen LogP contribution in [0, 0.1) is 0 Å². The smallest absolute Gasteiger partial charge is 0.263 e. The van der Waals surface area contributed by atoms with Gasteiger partial charge in [0.05, 0.1) is 11.9 Å². The van der Waals surface area contributed by atoms with E-state index >= 15 is 0 Å². The Kier molecular flexibility index (Phi) is 3.55. The van der Waals surface area contributed by atoms with E-state index in [0.717, 1.165) is 37.4 Å². The van der Waals surface area contributed by atoms with Crippen LogP contribution in [-0.2, 0) is 0 Å². The van der Waals surface area contributed by atoms with Crippen LogP contribution in [-0.4, -0.2) is 46.1 Å². The van der Waals surface area contributed by atoms with Crippen molar-refractivity contribution < 1.29 is 9.47 Å². The topological polar surface area (TPSA) is 85.3 Å². The van der Waals surface area contributed by atoms with E-state index in [1.54, 1.807) is 10.9 Å². The lowest BCUT2D eigenvalue weighted by Crippen LogP contribution is -2.32. The lowest BCUT2D eigenvalue weighted by Gasteiger charge is -2.26. The molecule has 8 heteroatoms. The lowest BCUT2D eigenvalue weighted by molar-refractivity contribution is 0.171. The molecule has 1 N–H and O–H groups in total. The number of aromatic amines is 1. The van der Waals surface area contributed by atoms with Gasteiger partial charge >= 0.3 is 0 Å². The first-order valence-electron chi connectivity index (χ1n) is 8.93. The summed E-state index contributed by atoms with van der Waals surface area (Å²) in [6, 6.07) is 5.61. The van der Waals surface area contributed by atoms with Gasteiger partial charge in [-0.15, -0.1) is 0 Å². The molecule has 1 fully saturated rings. The number of nitrogens with zero attached hydrogens (tertiary/aromatic N) is 4. The van der Waals surface area contributed by atoms with Gasteiger partial charge in [-0.3, -0.25) is 9.78 Å². The third kappa shape index (κ3) is 2.49. The van der Waals surface area contributed by atoms with Crippen LogP contribution >= 0.6 is 0 Å². The van der Waals surface area contributed by atoms with Crippen LogP contribution in [0.15, 0.2) is 29.2 Å². The van der Waals surface area contributed by atoms with Gasteiger partial charge < -0.3 is 14.4 Å². The van der Waals surface area contributed by atoms with Crippen molar-refractivity contribution in [3.05, 3.63) is 34.7 Å². The molecule has 2 aliphatic heterocycles. The van der Waals surface area contributed by atoms with Gasteiger partial charge in [0.25, 0.3) is 5.56 Å². The predicted octanol–water partition coefficient (Wildman–Crippen LogP) is 1.87. The van der Waals surface area contributed by atoms with Crippen molar-refractivity contribution in [3.63, 3.8) is 0 Å². The summed E-state index contributed by atoms with van der Waals surface area (Å²) in [5.41, 5.74) is 1.16. The largest absolute Gasteiger partial charge is 0.486 e. The summed E-state index contributed by atoms with van der Waals surface area (Å²) in [4.78, 5) is 22.2. The molecule has 4 heterocycles. The number of piperidine rings is 1. The zero-order chi connectivity index (χ0) is 17.5. The summed E-state index contributed by atoms with van der Waals surface area (Å²) in [7, 11) is 0. The summed E-state index contributed by atoms with van der Waals surface area (Å²) in [5.74, 6) is 2.01. The van der Waals surface area contributed by atoms with Crippen molar-refractivity contribution in [2.24, 2.45) is 0 Å². The number of aromatic nitrogens is 4. The number of H-pyrrole nitrogens is 1. The Labute approximate surface area is 149 Å². The molecular weight excluding hydrogens is 334 g/mol. The van der Waals surface area contributed by atoms with Gasteiger partial charge in [0.1, 0.15) is 18.6 Å².